The Morgan fingerprint density at radius 2 is 1.53 bits per heavy atom. The third-order valence-electron chi connectivity index (χ3n) is 9.62. The number of likely N-dealkylation sites (N-methyl/N-ethyl adjacent to an activating group) is 1. The number of rotatable bonds is 14. The maximum atomic E-state index is 14.5. The summed E-state index contributed by atoms with van der Waals surface area (Å²) in [6.07, 6.45) is 0.0660. The lowest BCUT2D eigenvalue weighted by Crippen LogP contribution is -2.56. The summed E-state index contributed by atoms with van der Waals surface area (Å²) in [5.41, 5.74) is 19.8. The molecule has 0 spiro atoms. The minimum atomic E-state index is -1.36. The van der Waals surface area contributed by atoms with Crippen LogP contribution in [0.25, 0.3) is 21.9 Å². The van der Waals surface area contributed by atoms with Gasteiger partial charge in [0.2, 0.25) is 23.6 Å². The molecule has 0 saturated heterocycles. The van der Waals surface area contributed by atoms with Crippen molar-refractivity contribution in [2.75, 3.05) is 46.4 Å². The van der Waals surface area contributed by atoms with Crippen LogP contribution in [0.1, 0.15) is 40.9 Å². The molecule has 0 radical (unpaired) electrons. The van der Waals surface area contributed by atoms with E-state index >= 15 is 0 Å². The highest BCUT2D eigenvalue weighted by atomic mass is 16.5. The first-order valence-electron chi connectivity index (χ1n) is 18.9. The van der Waals surface area contributed by atoms with E-state index in [1.807, 2.05) is 36.4 Å². The molecule has 0 aromatic heterocycles. The van der Waals surface area contributed by atoms with Crippen LogP contribution in [0.2, 0.25) is 0 Å². The lowest BCUT2D eigenvalue weighted by molar-refractivity contribution is -0.141. The van der Waals surface area contributed by atoms with Gasteiger partial charge in [0.25, 0.3) is 5.91 Å². The van der Waals surface area contributed by atoms with Crippen LogP contribution in [0.15, 0.2) is 78.9 Å². The summed E-state index contributed by atoms with van der Waals surface area (Å²) in [7, 11) is 1.43. The third kappa shape index (κ3) is 10.2. The van der Waals surface area contributed by atoms with Crippen molar-refractivity contribution in [3.05, 3.63) is 95.6 Å². The Morgan fingerprint density at radius 1 is 0.862 bits per heavy atom. The number of nitrogens with two attached hydrogens (primary N) is 3. The molecule has 1 aliphatic heterocycles. The molecule has 0 fully saturated rings. The predicted octanol–water partition coefficient (Wildman–Crippen LogP) is 1.01. The quantitative estimate of drug-likeness (QED) is 0.0888. The largest absolute Gasteiger partial charge is 0.492 e. The fraction of sp³-hybridized carbons (Fsp3) is 0.333. The van der Waals surface area contributed by atoms with Crippen LogP contribution < -0.4 is 47.9 Å². The topological polar surface area (TPSA) is 257 Å². The highest BCUT2D eigenvalue weighted by Crippen LogP contribution is 2.40. The number of nitriles is 1. The number of fused-ring (bicyclic) bond motifs is 6. The zero-order valence-corrected chi connectivity index (χ0v) is 32.5. The van der Waals surface area contributed by atoms with Crippen LogP contribution >= 0.6 is 0 Å². The Morgan fingerprint density at radius 3 is 2.21 bits per heavy atom. The van der Waals surface area contributed by atoms with Crippen molar-refractivity contribution in [2.45, 2.75) is 43.9 Å². The SMILES string of the molecule is C[C@@H]1NC(=O)[C@@H](N(C)C(=O)[C@H](CCN)NC(=O)c2ccc3ccccc3c2)c2ccc(OCCN)c(c2)-c2cc(ccc2OCCN)C[C@@H](C(=O)NCC#N)NC1=O. The summed E-state index contributed by atoms with van der Waals surface area (Å²) >= 11 is 0. The maximum Gasteiger partial charge on any atom is 0.251 e. The van der Waals surface area contributed by atoms with Crippen molar-refractivity contribution < 1.29 is 33.4 Å². The summed E-state index contributed by atoms with van der Waals surface area (Å²) in [5.74, 6) is -2.36. The molecule has 1 aliphatic rings. The van der Waals surface area contributed by atoms with Crippen LogP contribution in [-0.2, 0) is 25.6 Å². The van der Waals surface area contributed by atoms with E-state index in [9.17, 15) is 24.0 Å². The van der Waals surface area contributed by atoms with Crippen molar-refractivity contribution >= 4 is 40.3 Å². The van der Waals surface area contributed by atoms with E-state index in [0.29, 0.717) is 39.3 Å². The third-order valence-corrected chi connectivity index (χ3v) is 9.62. The minimum absolute atomic E-state index is 0.0137. The molecule has 4 aromatic carbocycles. The smallest absolute Gasteiger partial charge is 0.251 e. The van der Waals surface area contributed by atoms with E-state index < -0.39 is 53.7 Å². The van der Waals surface area contributed by atoms with Crippen molar-refractivity contribution in [1.29, 1.82) is 5.26 Å². The molecule has 0 unspecified atom stereocenters. The van der Waals surface area contributed by atoms with Crippen LogP contribution in [0, 0.1) is 11.3 Å². The van der Waals surface area contributed by atoms with E-state index in [1.165, 1.54) is 18.9 Å². The van der Waals surface area contributed by atoms with E-state index in [-0.39, 0.29) is 52.2 Å². The summed E-state index contributed by atoms with van der Waals surface area (Å²) < 4.78 is 12.1. The number of hydrogen-bond donors (Lipinski definition) is 7. The second-order valence-electron chi connectivity index (χ2n) is 13.7. The molecular weight excluding hydrogens is 743 g/mol. The van der Waals surface area contributed by atoms with Gasteiger partial charge < -0.3 is 52.8 Å². The Hall–Kier alpha value is -6.54. The first-order chi connectivity index (χ1) is 28.0. The normalized spacial score (nSPS) is 17.1. The predicted molar refractivity (Wildman–Crippen MR) is 217 cm³/mol. The van der Waals surface area contributed by atoms with E-state index in [1.54, 1.807) is 48.5 Å². The van der Waals surface area contributed by atoms with Crippen molar-refractivity contribution in [3.63, 3.8) is 0 Å². The van der Waals surface area contributed by atoms with E-state index in [0.717, 1.165) is 10.8 Å². The molecule has 4 aromatic rings. The Balaban J connectivity index is 1.61. The van der Waals surface area contributed by atoms with Gasteiger partial charge in [-0.2, -0.15) is 5.26 Å². The fourth-order valence-corrected chi connectivity index (χ4v) is 6.70. The zero-order valence-electron chi connectivity index (χ0n) is 32.5. The molecule has 4 atom stereocenters. The maximum absolute atomic E-state index is 14.5. The lowest BCUT2D eigenvalue weighted by Gasteiger charge is -2.32. The van der Waals surface area contributed by atoms with Crippen LogP contribution in [0.5, 0.6) is 11.5 Å². The molecular formula is C42H49N9O7. The first kappa shape index (κ1) is 42.6. The monoisotopic (exact) mass is 791 g/mol. The number of amides is 5. The number of benzene rings is 4. The van der Waals surface area contributed by atoms with Gasteiger partial charge in [-0.15, -0.1) is 0 Å². The van der Waals surface area contributed by atoms with Gasteiger partial charge in [0, 0.05) is 43.2 Å². The van der Waals surface area contributed by atoms with Crippen LogP contribution in [-0.4, -0.2) is 99.0 Å². The molecule has 1 heterocycles. The molecule has 304 valence electrons. The van der Waals surface area contributed by atoms with Gasteiger partial charge in [0.05, 0.1) is 6.07 Å². The number of nitrogens with one attached hydrogen (secondary N) is 4. The first-order valence-corrected chi connectivity index (χ1v) is 18.9. The van der Waals surface area contributed by atoms with Gasteiger partial charge in [-0.1, -0.05) is 42.5 Å². The van der Waals surface area contributed by atoms with Crippen molar-refractivity contribution in [1.82, 2.24) is 26.2 Å². The molecule has 58 heavy (non-hydrogen) atoms. The van der Waals surface area contributed by atoms with Crippen LogP contribution in [0.4, 0.5) is 0 Å². The van der Waals surface area contributed by atoms with E-state index in [2.05, 4.69) is 21.3 Å². The van der Waals surface area contributed by atoms with Gasteiger partial charge in [-0.3, -0.25) is 24.0 Å². The second kappa shape index (κ2) is 20.1. The summed E-state index contributed by atoms with van der Waals surface area (Å²) in [5, 5.41) is 21.6. The highest BCUT2D eigenvalue weighted by molar-refractivity contribution is 6.01. The number of carbonyl (C=O) groups excluding carboxylic acids is 5. The molecule has 0 aliphatic carbocycles. The number of hydrogen-bond acceptors (Lipinski definition) is 11. The number of ether oxygens (including phenoxy) is 2. The van der Waals surface area contributed by atoms with Crippen molar-refractivity contribution in [3.8, 4) is 28.7 Å². The number of nitrogens with zero attached hydrogens (tertiary/aromatic N) is 2. The Bertz CT molecular complexity index is 2190. The zero-order chi connectivity index (χ0) is 41.8. The molecule has 4 bridgehead atoms. The average Bonchev–Trinajstić information content (AvgIpc) is 3.23. The second-order valence-corrected chi connectivity index (χ2v) is 13.7. The molecule has 0 saturated carbocycles. The number of carbonyl (C=O) groups is 5. The summed E-state index contributed by atoms with van der Waals surface area (Å²) in [6.45, 7) is 1.91. The molecule has 5 amide bonds. The van der Waals surface area contributed by atoms with Gasteiger partial charge in [-0.05, 0) is 78.2 Å². The Kier molecular flexibility index (Phi) is 14.7. The van der Waals surface area contributed by atoms with Crippen molar-refractivity contribution in [2.24, 2.45) is 17.2 Å². The van der Waals surface area contributed by atoms with Crippen LogP contribution in [0.3, 0.4) is 0 Å². The minimum Gasteiger partial charge on any atom is -0.492 e. The molecule has 10 N–H and O–H groups in total. The lowest BCUT2D eigenvalue weighted by atomic mass is 9.93. The van der Waals surface area contributed by atoms with Gasteiger partial charge in [0.15, 0.2) is 0 Å². The van der Waals surface area contributed by atoms with Gasteiger partial charge in [0.1, 0.15) is 55.4 Å². The van der Waals surface area contributed by atoms with E-state index in [4.69, 9.17) is 31.9 Å². The fourth-order valence-electron chi connectivity index (χ4n) is 6.70. The average molecular weight is 792 g/mol. The van der Waals surface area contributed by atoms with Gasteiger partial charge >= 0.3 is 0 Å². The molecule has 16 heteroatoms. The summed E-state index contributed by atoms with van der Waals surface area (Å²) in [6, 6.07) is 20.0. The standard InChI is InChI=1S/C42H49N9O7/c1-25-38(52)50-34(40(54)47-18-15-44)22-26-7-11-35(57-19-16-45)31(21-26)32-24-29(10-12-36(32)58-20-17-46)37(41(55)48-25)51(2)42(56)33(13-14-43)49-39(53)30-9-8-27-5-3-4-6-28(27)23-30/h3-12,21,23-25,33-34,37H,13-14,16-20,22,43,45-46H2,1-2H3,(H,47,54)(H,48,55)(H,49,53)(H,50,52)/t25-,33-,34-,37-/m0/s1. The Labute approximate surface area is 336 Å². The summed E-state index contributed by atoms with van der Waals surface area (Å²) in [4.78, 5) is 70.6. The molecule has 5 rings (SSSR count). The highest BCUT2D eigenvalue weighted by Gasteiger charge is 2.36. The molecule has 16 nitrogen and oxygen atoms in total. The van der Waals surface area contributed by atoms with Gasteiger partial charge in [-0.25, -0.2) is 0 Å².